The third-order valence-electron chi connectivity index (χ3n) is 12.1. The van der Waals surface area contributed by atoms with Crippen molar-refractivity contribution in [1.82, 2.24) is 33.5 Å². The molecule has 4 heterocycles. The fourth-order valence-electron chi connectivity index (χ4n) is 9.42. The normalized spacial score (nSPS) is 11.9. The number of nitriles is 1. The Kier molecular flexibility index (Phi) is 8.06. The van der Waals surface area contributed by atoms with Crippen LogP contribution >= 0.6 is 0 Å². The van der Waals surface area contributed by atoms with Crippen molar-refractivity contribution in [2.75, 3.05) is 0 Å². The van der Waals surface area contributed by atoms with Gasteiger partial charge in [0.2, 0.25) is 17.7 Å². The average Bonchev–Trinajstić information content (AvgIpc) is 4.00. The molecular formula is C53H34N8Si. The second kappa shape index (κ2) is 14.1. The molecule has 0 spiro atoms. The van der Waals surface area contributed by atoms with Crippen LogP contribution in [0.25, 0.3) is 72.9 Å². The van der Waals surface area contributed by atoms with Crippen LogP contribution in [0.5, 0.6) is 0 Å². The Morgan fingerprint density at radius 1 is 0.403 bits per heavy atom. The smallest absolute Gasteiger partial charge is 0.242 e. The van der Waals surface area contributed by atoms with Gasteiger partial charge in [-0.1, -0.05) is 158 Å². The number of para-hydroxylation sites is 5. The highest BCUT2D eigenvalue weighted by Gasteiger charge is 2.41. The molecule has 0 aliphatic carbocycles. The topological polar surface area (TPSA) is 89.6 Å². The van der Waals surface area contributed by atoms with Gasteiger partial charge in [-0.3, -0.25) is 8.97 Å². The van der Waals surface area contributed by atoms with Crippen LogP contribution < -0.4 is 20.7 Å². The van der Waals surface area contributed by atoms with E-state index < -0.39 is 8.07 Å². The van der Waals surface area contributed by atoms with E-state index in [1.165, 1.54) is 20.7 Å². The van der Waals surface area contributed by atoms with Crippen LogP contribution in [0.15, 0.2) is 206 Å². The Morgan fingerprint density at radius 2 is 0.919 bits per heavy atom. The lowest BCUT2D eigenvalue weighted by Crippen LogP contribution is -2.74. The summed E-state index contributed by atoms with van der Waals surface area (Å²) in [6.07, 6.45) is 0. The molecule has 0 fully saturated rings. The van der Waals surface area contributed by atoms with Gasteiger partial charge in [0.15, 0.2) is 13.9 Å². The molecule has 0 bridgehead atoms. The van der Waals surface area contributed by atoms with Crippen LogP contribution in [0, 0.1) is 11.3 Å². The maximum Gasteiger partial charge on any atom is 0.242 e. The van der Waals surface area contributed by atoms with Gasteiger partial charge in [-0.2, -0.15) is 20.2 Å². The number of hydrogen-bond donors (Lipinski definition) is 0. The highest BCUT2D eigenvalue weighted by molar-refractivity contribution is 7.19. The van der Waals surface area contributed by atoms with Gasteiger partial charge in [0.25, 0.3) is 0 Å². The maximum absolute atomic E-state index is 9.89. The Balaban J connectivity index is 1.13. The highest BCUT2D eigenvalue weighted by Crippen LogP contribution is 2.34. The van der Waals surface area contributed by atoms with Crippen LogP contribution in [-0.4, -0.2) is 41.5 Å². The predicted octanol–water partition coefficient (Wildman–Crippen LogP) is 8.63. The van der Waals surface area contributed by atoms with Gasteiger partial charge in [0.05, 0.1) is 44.7 Å². The van der Waals surface area contributed by atoms with Crippen molar-refractivity contribution in [3.8, 4) is 29.4 Å². The van der Waals surface area contributed by atoms with Crippen LogP contribution in [0.3, 0.4) is 0 Å². The van der Waals surface area contributed by atoms with E-state index in [1.807, 2.05) is 65.2 Å². The van der Waals surface area contributed by atoms with Crippen LogP contribution in [0.1, 0.15) is 5.56 Å². The van der Waals surface area contributed by atoms with Crippen molar-refractivity contribution in [2.45, 2.75) is 0 Å². The van der Waals surface area contributed by atoms with Crippen LogP contribution in [0.2, 0.25) is 0 Å². The molecule has 8 nitrogen and oxygen atoms in total. The summed E-state index contributed by atoms with van der Waals surface area (Å²) in [6.45, 7) is 0. The molecular weight excluding hydrogens is 777 g/mol. The van der Waals surface area contributed by atoms with Gasteiger partial charge < -0.3 is 0 Å². The molecule has 0 atom stereocenters. The molecule has 8 aromatic carbocycles. The van der Waals surface area contributed by atoms with E-state index in [0.717, 1.165) is 49.4 Å². The minimum atomic E-state index is -2.77. The van der Waals surface area contributed by atoms with Crippen molar-refractivity contribution in [3.63, 3.8) is 0 Å². The zero-order valence-electron chi connectivity index (χ0n) is 33.2. The lowest BCUT2D eigenvalue weighted by Gasteiger charge is -2.34. The number of aromatic nitrogens is 7. The first-order valence-corrected chi connectivity index (χ1v) is 22.5. The molecule has 12 aromatic rings. The van der Waals surface area contributed by atoms with Crippen molar-refractivity contribution in [3.05, 3.63) is 212 Å². The third kappa shape index (κ3) is 5.31. The second-order valence-corrected chi connectivity index (χ2v) is 19.3. The van der Waals surface area contributed by atoms with E-state index in [4.69, 9.17) is 19.9 Å². The Labute approximate surface area is 356 Å². The first-order valence-electron chi connectivity index (χ1n) is 20.5. The number of imidazole rings is 2. The summed E-state index contributed by atoms with van der Waals surface area (Å²) in [4.78, 5) is 21.1. The summed E-state index contributed by atoms with van der Waals surface area (Å²) in [5.41, 5.74) is 7.05. The number of benzene rings is 8. The zero-order valence-corrected chi connectivity index (χ0v) is 34.2. The summed E-state index contributed by atoms with van der Waals surface area (Å²) in [5, 5.41) is 17.0. The minimum Gasteiger partial charge on any atom is -0.278 e. The van der Waals surface area contributed by atoms with Gasteiger partial charge in [-0.15, -0.1) is 0 Å². The van der Waals surface area contributed by atoms with Crippen LogP contribution in [0.4, 0.5) is 0 Å². The van der Waals surface area contributed by atoms with Crippen molar-refractivity contribution in [2.24, 2.45) is 0 Å². The molecule has 0 amide bonds. The molecule has 12 rings (SSSR count). The number of rotatable bonds is 7. The second-order valence-electron chi connectivity index (χ2n) is 15.4. The Bertz CT molecular complexity index is 3600. The quantitative estimate of drug-likeness (QED) is 0.119. The largest absolute Gasteiger partial charge is 0.278 e. The van der Waals surface area contributed by atoms with Crippen molar-refractivity contribution < 1.29 is 0 Å². The Morgan fingerprint density at radius 3 is 1.56 bits per heavy atom. The van der Waals surface area contributed by atoms with E-state index in [9.17, 15) is 5.26 Å². The molecule has 0 radical (unpaired) electrons. The maximum atomic E-state index is 9.89. The lowest BCUT2D eigenvalue weighted by molar-refractivity contribution is 0.885. The SMILES string of the molecule is N#Cc1ccc2c(c1)c1ccccc1n2-c1nc(-c2ccc([Si](c3ccccc3)(c3ccccc3)c3ccccc3)cc2)nc(-n2c3ccccc3n3c4ccccc4nc23)n1. The minimum absolute atomic E-state index is 0.441. The van der Waals surface area contributed by atoms with E-state index in [-0.39, 0.29) is 0 Å². The van der Waals surface area contributed by atoms with Gasteiger partial charge in [-0.25, -0.2) is 9.55 Å². The standard InChI is InChI=1S/C53H34N8Si/c54-35-36-28-33-46-43(34-36)42-22-10-12-24-45(42)59(46)51-56-50(57-52(58-51)61-49-27-15-14-26-48(49)60-47-25-13-11-23-44(47)55-53(60)61)37-29-31-41(32-30-37)62(38-16-4-1-5-17-38,39-18-6-2-7-19-39)40-20-8-3-9-21-40/h1-34H. The molecule has 0 unspecified atom stereocenters. The molecule has 9 heteroatoms. The highest BCUT2D eigenvalue weighted by atomic mass is 28.3. The molecule has 290 valence electrons. The summed E-state index contributed by atoms with van der Waals surface area (Å²) in [6, 6.07) is 74.4. The van der Waals surface area contributed by atoms with E-state index in [1.54, 1.807) is 0 Å². The van der Waals surface area contributed by atoms with Gasteiger partial charge in [0.1, 0.15) is 0 Å². The molecule has 0 saturated carbocycles. The fourth-order valence-corrected chi connectivity index (χ4v) is 14.2. The molecule has 0 aliphatic rings. The molecule has 0 saturated heterocycles. The third-order valence-corrected chi connectivity index (χ3v) is 16.9. The zero-order chi connectivity index (χ0) is 41.2. The van der Waals surface area contributed by atoms with E-state index in [2.05, 4.69) is 161 Å². The predicted molar refractivity (Wildman–Crippen MR) is 251 cm³/mol. The van der Waals surface area contributed by atoms with E-state index in [0.29, 0.717) is 29.1 Å². The monoisotopic (exact) mass is 810 g/mol. The van der Waals surface area contributed by atoms with Gasteiger partial charge in [-0.05, 0) is 69.3 Å². The van der Waals surface area contributed by atoms with E-state index >= 15 is 0 Å². The summed E-state index contributed by atoms with van der Waals surface area (Å²) >= 11 is 0. The summed E-state index contributed by atoms with van der Waals surface area (Å²) in [7, 11) is -2.77. The number of fused-ring (bicyclic) bond motifs is 8. The van der Waals surface area contributed by atoms with Crippen molar-refractivity contribution in [1.29, 1.82) is 5.26 Å². The molecule has 62 heavy (non-hydrogen) atoms. The molecule has 4 aromatic heterocycles. The fraction of sp³-hybridized carbons (Fsp3) is 0. The first kappa shape index (κ1) is 35.5. The number of nitrogens with zero attached hydrogens (tertiary/aromatic N) is 8. The lowest BCUT2D eigenvalue weighted by atomic mass is 10.1. The summed E-state index contributed by atoms with van der Waals surface area (Å²) < 4.78 is 6.30. The van der Waals surface area contributed by atoms with Gasteiger partial charge >= 0.3 is 0 Å². The molecule has 0 N–H and O–H groups in total. The molecule has 0 aliphatic heterocycles. The average molecular weight is 811 g/mol. The first-order chi connectivity index (χ1) is 30.7. The number of hydrogen-bond acceptors (Lipinski definition) is 5. The Hall–Kier alpha value is -8.45. The van der Waals surface area contributed by atoms with Crippen molar-refractivity contribution >= 4 is 78.5 Å². The van der Waals surface area contributed by atoms with Crippen LogP contribution in [-0.2, 0) is 0 Å². The van der Waals surface area contributed by atoms with Gasteiger partial charge in [0, 0.05) is 16.3 Å². The summed E-state index contributed by atoms with van der Waals surface area (Å²) in [5.74, 6) is 2.13.